The molecule has 3 aromatic rings. The number of aromatic nitrogens is 3. The Kier molecular flexibility index (Phi) is 5.81. The van der Waals surface area contributed by atoms with Gasteiger partial charge in [0.25, 0.3) is 0 Å². The monoisotopic (exact) mass is 379 g/mol. The van der Waals surface area contributed by atoms with E-state index in [1.165, 1.54) is 6.33 Å². The van der Waals surface area contributed by atoms with E-state index in [-0.39, 0.29) is 19.4 Å². The van der Waals surface area contributed by atoms with E-state index in [0.29, 0.717) is 6.61 Å². The first-order valence-electron chi connectivity index (χ1n) is 9.67. The third-order valence-electron chi connectivity index (χ3n) is 5.07. The number of hydrogen-bond acceptors (Lipinski definition) is 5. The molecule has 1 N–H and O–H groups in total. The summed E-state index contributed by atoms with van der Waals surface area (Å²) in [6.07, 6.45) is 5.79. The van der Waals surface area contributed by atoms with Gasteiger partial charge in [0, 0.05) is 6.61 Å². The van der Waals surface area contributed by atoms with Gasteiger partial charge in [-0.05, 0) is 36.0 Å². The minimum absolute atomic E-state index is 0.127. The molecule has 1 aliphatic rings. The minimum atomic E-state index is -1.23. The summed E-state index contributed by atoms with van der Waals surface area (Å²) in [5.74, 6) is 0. The van der Waals surface area contributed by atoms with Gasteiger partial charge in [-0.15, -0.1) is 0 Å². The summed E-state index contributed by atoms with van der Waals surface area (Å²) in [5, 5.41) is 15.6. The van der Waals surface area contributed by atoms with Crippen LogP contribution in [0.3, 0.4) is 0 Å². The van der Waals surface area contributed by atoms with Crippen molar-refractivity contribution in [1.29, 1.82) is 0 Å². The highest BCUT2D eigenvalue weighted by Gasteiger charge is 2.32. The van der Waals surface area contributed by atoms with Gasteiger partial charge in [0.15, 0.2) is 6.29 Å². The Morgan fingerprint density at radius 3 is 2.54 bits per heavy atom. The van der Waals surface area contributed by atoms with Crippen molar-refractivity contribution in [2.24, 2.45) is 0 Å². The third-order valence-corrected chi connectivity index (χ3v) is 5.07. The van der Waals surface area contributed by atoms with Crippen molar-refractivity contribution in [3.63, 3.8) is 0 Å². The average molecular weight is 379 g/mol. The van der Waals surface area contributed by atoms with Crippen LogP contribution >= 0.6 is 0 Å². The lowest BCUT2D eigenvalue weighted by Gasteiger charge is -2.31. The van der Waals surface area contributed by atoms with E-state index in [1.54, 1.807) is 11.0 Å². The van der Waals surface area contributed by atoms with Gasteiger partial charge in [0.2, 0.25) is 0 Å². The molecule has 28 heavy (non-hydrogen) atoms. The minimum Gasteiger partial charge on any atom is -0.381 e. The van der Waals surface area contributed by atoms with Crippen LogP contribution in [-0.4, -0.2) is 39.4 Å². The van der Waals surface area contributed by atoms with Gasteiger partial charge in [-0.25, -0.2) is 9.67 Å². The third kappa shape index (κ3) is 4.47. The zero-order chi connectivity index (χ0) is 19.2. The second kappa shape index (κ2) is 8.65. The summed E-state index contributed by atoms with van der Waals surface area (Å²) < 4.78 is 13.2. The average Bonchev–Trinajstić information content (AvgIpc) is 3.27. The molecule has 2 heterocycles. The summed E-state index contributed by atoms with van der Waals surface area (Å²) in [7, 11) is 0. The van der Waals surface area contributed by atoms with Gasteiger partial charge in [-0.2, -0.15) is 5.10 Å². The molecule has 0 spiro atoms. The van der Waals surface area contributed by atoms with Crippen molar-refractivity contribution in [3.05, 3.63) is 72.8 Å². The van der Waals surface area contributed by atoms with Gasteiger partial charge < -0.3 is 14.6 Å². The van der Waals surface area contributed by atoms with Crippen LogP contribution in [0.1, 0.15) is 24.8 Å². The van der Waals surface area contributed by atoms with Crippen LogP contribution in [0.25, 0.3) is 11.1 Å². The Balaban J connectivity index is 1.55. The fourth-order valence-corrected chi connectivity index (χ4v) is 3.48. The van der Waals surface area contributed by atoms with Crippen molar-refractivity contribution in [3.8, 4) is 11.1 Å². The smallest absolute Gasteiger partial charge is 0.157 e. The first-order valence-corrected chi connectivity index (χ1v) is 9.67. The van der Waals surface area contributed by atoms with Crippen LogP contribution < -0.4 is 0 Å². The fourth-order valence-electron chi connectivity index (χ4n) is 3.48. The number of ether oxygens (including phenoxy) is 2. The molecule has 1 aromatic heterocycles. The first kappa shape index (κ1) is 18.8. The van der Waals surface area contributed by atoms with Gasteiger partial charge in [0.05, 0.1) is 13.2 Å². The summed E-state index contributed by atoms with van der Waals surface area (Å²) in [4.78, 5) is 3.98. The van der Waals surface area contributed by atoms with E-state index in [4.69, 9.17) is 9.47 Å². The van der Waals surface area contributed by atoms with Gasteiger partial charge in [-0.1, -0.05) is 54.6 Å². The maximum Gasteiger partial charge on any atom is 0.157 e. The lowest BCUT2D eigenvalue weighted by atomic mass is 9.92. The molecule has 4 rings (SSSR count). The molecule has 6 nitrogen and oxygen atoms in total. The van der Waals surface area contributed by atoms with Gasteiger partial charge >= 0.3 is 0 Å². The highest BCUT2D eigenvalue weighted by atomic mass is 16.7. The molecule has 0 aliphatic carbocycles. The number of benzene rings is 2. The van der Waals surface area contributed by atoms with Crippen molar-refractivity contribution in [2.45, 2.75) is 37.7 Å². The van der Waals surface area contributed by atoms with E-state index in [0.717, 1.165) is 36.0 Å². The Hall–Kier alpha value is -2.54. The molecule has 1 fully saturated rings. The van der Waals surface area contributed by atoms with E-state index >= 15 is 0 Å². The fraction of sp³-hybridized carbons (Fsp3) is 0.364. The van der Waals surface area contributed by atoms with E-state index in [2.05, 4.69) is 22.2 Å². The Morgan fingerprint density at radius 2 is 1.86 bits per heavy atom. The summed E-state index contributed by atoms with van der Waals surface area (Å²) in [6, 6.07) is 18.1. The van der Waals surface area contributed by atoms with Crippen LogP contribution in [-0.2, 0) is 21.6 Å². The highest BCUT2D eigenvalue weighted by molar-refractivity contribution is 5.63. The molecule has 0 bridgehead atoms. The molecule has 1 saturated heterocycles. The topological polar surface area (TPSA) is 69.4 Å². The molecule has 6 heteroatoms. The zero-order valence-corrected chi connectivity index (χ0v) is 15.8. The van der Waals surface area contributed by atoms with Crippen molar-refractivity contribution in [2.75, 3.05) is 13.2 Å². The molecule has 0 radical (unpaired) electrons. The second-order valence-electron chi connectivity index (χ2n) is 7.18. The lowest BCUT2D eigenvalue weighted by molar-refractivity contribution is -0.196. The van der Waals surface area contributed by atoms with E-state index in [9.17, 15) is 5.11 Å². The summed E-state index contributed by atoms with van der Waals surface area (Å²) >= 11 is 0. The van der Waals surface area contributed by atoms with Crippen LogP contribution in [0.15, 0.2) is 67.3 Å². The largest absolute Gasteiger partial charge is 0.381 e. The predicted octanol–water partition coefficient (Wildman–Crippen LogP) is 3.38. The van der Waals surface area contributed by atoms with Crippen LogP contribution in [0.4, 0.5) is 0 Å². The molecular formula is C22H25N3O3. The SMILES string of the molecule is OC(COC1CCCCO1)(Cn1cncn1)c1ccc(-c2ccccc2)cc1. The molecule has 0 saturated carbocycles. The molecule has 2 aromatic carbocycles. The Bertz CT molecular complexity index is 847. The quantitative estimate of drug-likeness (QED) is 0.682. The Morgan fingerprint density at radius 1 is 1.07 bits per heavy atom. The standard InChI is InChI=1S/C22H25N3O3/c26-22(14-25-17-23-16-24-25,15-28-21-8-4-5-13-27-21)20-11-9-19(10-12-20)18-6-2-1-3-7-18/h1-3,6-7,9-12,16-17,21,26H,4-5,8,13-15H2. The zero-order valence-electron chi connectivity index (χ0n) is 15.8. The maximum absolute atomic E-state index is 11.5. The highest BCUT2D eigenvalue weighted by Crippen LogP contribution is 2.28. The predicted molar refractivity (Wildman–Crippen MR) is 105 cm³/mol. The number of rotatable bonds is 7. The van der Waals surface area contributed by atoms with Gasteiger partial charge in [0.1, 0.15) is 18.3 Å². The van der Waals surface area contributed by atoms with Gasteiger partial charge in [-0.3, -0.25) is 0 Å². The number of aliphatic hydroxyl groups is 1. The maximum atomic E-state index is 11.5. The molecule has 146 valence electrons. The van der Waals surface area contributed by atoms with Crippen LogP contribution in [0.5, 0.6) is 0 Å². The molecule has 2 atom stereocenters. The summed E-state index contributed by atoms with van der Waals surface area (Å²) in [6.45, 7) is 1.09. The first-order chi connectivity index (χ1) is 13.7. The normalized spacial score (nSPS) is 19.2. The molecule has 0 amide bonds. The molecular weight excluding hydrogens is 354 g/mol. The molecule has 1 aliphatic heterocycles. The van der Waals surface area contributed by atoms with Crippen LogP contribution in [0, 0.1) is 0 Å². The van der Waals surface area contributed by atoms with Crippen molar-refractivity contribution in [1.82, 2.24) is 14.8 Å². The number of hydrogen-bond donors (Lipinski definition) is 1. The van der Waals surface area contributed by atoms with E-state index < -0.39 is 5.60 Å². The van der Waals surface area contributed by atoms with Crippen LogP contribution in [0.2, 0.25) is 0 Å². The van der Waals surface area contributed by atoms with E-state index in [1.807, 2.05) is 42.5 Å². The van der Waals surface area contributed by atoms with Crippen molar-refractivity contribution >= 4 is 0 Å². The number of nitrogens with zero attached hydrogens (tertiary/aromatic N) is 3. The molecule has 2 unspecified atom stereocenters. The summed E-state index contributed by atoms with van der Waals surface area (Å²) in [5.41, 5.74) is 1.78. The Labute approximate surface area is 164 Å². The lowest BCUT2D eigenvalue weighted by Crippen LogP contribution is -2.39. The van der Waals surface area contributed by atoms with Crippen molar-refractivity contribution < 1.29 is 14.6 Å². The second-order valence-corrected chi connectivity index (χ2v) is 7.18.